The molecular formula is C16H19NO3. The fraction of sp³-hybridized carbons (Fsp3) is 0.250. The van der Waals surface area contributed by atoms with Crippen molar-refractivity contribution in [3.63, 3.8) is 0 Å². The van der Waals surface area contributed by atoms with Crippen molar-refractivity contribution in [1.29, 1.82) is 0 Å². The van der Waals surface area contributed by atoms with Crippen LogP contribution in [0, 0.1) is 0 Å². The van der Waals surface area contributed by atoms with Gasteiger partial charge in [0.2, 0.25) is 0 Å². The molecule has 0 aliphatic carbocycles. The number of methoxy groups -OCH3 is 3. The summed E-state index contributed by atoms with van der Waals surface area (Å²) in [5.74, 6) is 2.08. The Morgan fingerprint density at radius 1 is 0.850 bits per heavy atom. The molecule has 0 saturated heterocycles. The number of nitrogens with one attached hydrogen (secondary N) is 1. The van der Waals surface area contributed by atoms with E-state index in [9.17, 15) is 0 Å². The first-order chi connectivity index (χ1) is 9.78. The minimum absolute atomic E-state index is 0.692. The number of hydrogen-bond donors (Lipinski definition) is 1. The maximum Gasteiger partial charge on any atom is 0.149 e. The van der Waals surface area contributed by atoms with Crippen LogP contribution in [-0.4, -0.2) is 21.3 Å². The van der Waals surface area contributed by atoms with Gasteiger partial charge in [-0.05, 0) is 5.56 Å². The lowest BCUT2D eigenvalue weighted by atomic mass is 10.2. The van der Waals surface area contributed by atoms with Gasteiger partial charge in [0.05, 0.1) is 21.3 Å². The first kappa shape index (κ1) is 14.1. The van der Waals surface area contributed by atoms with Crippen LogP contribution in [0.2, 0.25) is 0 Å². The van der Waals surface area contributed by atoms with Gasteiger partial charge in [-0.25, -0.2) is 0 Å². The average molecular weight is 273 g/mol. The average Bonchev–Trinajstić information content (AvgIpc) is 2.52. The molecule has 0 fully saturated rings. The van der Waals surface area contributed by atoms with Crippen molar-refractivity contribution >= 4 is 5.69 Å². The van der Waals surface area contributed by atoms with Gasteiger partial charge >= 0.3 is 0 Å². The minimum atomic E-state index is 0.692. The first-order valence-electron chi connectivity index (χ1n) is 6.36. The molecule has 0 unspecified atom stereocenters. The van der Waals surface area contributed by atoms with Gasteiger partial charge in [0.25, 0.3) is 0 Å². The predicted octanol–water partition coefficient (Wildman–Crippen LogP) is 3.32. The summed E-state index contributed by atoms with van der Waals surface area (Å²) < 4.78 is 16.0. The van der Waals surface area contributed by atoms with Gasteiger partial charge in [0.1, 0.15) is 22.9 Å². The third-order valence-electron chi connectivity index (χ3n) is 3.03. The lowest BCUT2D eigenvalue weighted by molar-refractivity contribution is 0.377. The monoisotopic (exact) mass is 273 g/mol. The summed E-state index contributed by atoms with van der Waals surface area (Å²) in [7, 11) is 4.87. The molecule has 0 aromatic heterocycles. The van der Waals surface area contributed by atoms with Crippen molar-refractivity contribution in [2.45, 2.75) is 6.54 Å². The van der Waals surface area contributed by atoms with Crippen LogP contribution >= 0.6 is 0 Å². The first-order valence-corrected chi connectivity index (χ1v) is 6.36. The Bertz CT molecular complexity index is 530. The molecule has 0 aliphatic heterocycles. The molecule has 0 spiro atoms. The maximum atomic E-state index is 5.40. The van der Waals surface area contributed by atoms with Crippen molar-refractivity contribution in [1.82, 2.24) is 0 Å². The highest BCUT2D eigenvalue weighted by atomic mass is 16.5. The van der Waals surface area contributed by atoms with E-state index >= 15 is 0 Å². The molecule has 2 aromatic rings. The fourth-order valence-corrected chi connectivity index (χ4v) is 1.97. The highest BCUT2D eigenvalue weighted by Crippen LogP contribution is 2.39. The van der Waals surface area contributed by atoms with Crippen LogP contribution in [0.25, 0.3) is 0 Å². The molecule has 4 nitrogen and oxygen atoms in total. The summed E-state index contributed by atoms with van der Waals surface area (Å²) in [5.41, 5.74) is 2.01. The number of anilines is 1. The van der Waals surface area contributed by atoms with E-state index < -0.39 is 0 Å². The molecule has 106 valence electrons. The number of ether oxygens (including phenoxy) is 3. The quantitative estimate of drug-likeness (QED) is 0.876. The largest absolute Gasteiger partial charge is 0.496 e. The van der Waals surface area contributed by atoms with Gasteiger partial charge in [-0.3, -0.25) is 0 Å². The standard InChI is InChI=1S/C16H19NO3/c1-18-13-9-14(19-2)16(15(10-13)20-3)17-11-12-7-5-4-6-8-12/h4-10,17H,11H2,1-3H3. The smallest absolute Gasteiger partial charge is 0.149 e. The Balaban J connectivity index is 2.25. The summed E-state index contributed by atoms with van der Waals surface area (Å²) in [6.07, 6.45) is 0. The van der Waals surface area contributed by atoms with Gasteiger partial charge in [-0.2, -0.15) is 0 Å². The van der Waals surface area contributed by atoms with Crippen LogP contribution in [0.15, 0.2) is 42.5 Å². The van der Waals surface area contributed by atoms with Crippen LogP contribution in [0.3, 0.4) is 0 Å². The maximum absolute atomic E-state index is 5.40. The SMILES string of the molecule is COc1cc(OC)c(NCc2ccccc2)c(OC)c1. The molecule has 20 heavy (non-hydrogen) atoms. The van der Waals surface area contributed by atoms with Gasteiger partial charge < -0.3 is 19.5 Å². The Morgan fingerprint density at radius 3 is 1.95 bits per heavy atom. The molecule has 0 radical (unpaired) electrons. The van der Waals surface area contributed by atoms with E-state index in [1.807, 2.05) is 30.3 Å². The molecule has 0 aliphatic rings. The third-order valence-corrected chi connectivity index (χ3v) is 3.03. The van der Waals surface area contributed by atoms with Gasteiger partial charge in [-0.1, -0.05) is 30.3 Å². The summed E-state index contributed by atoms with van der Waals surface area (Å²) in [4.78, 5) is 0. The van der Waals surface area contributed by atoms with Crippen molar-refractivity contribution < 1.29 is 14.2 Å². The van der Waals surface area contributed by atoms with Crippen LogP contribution in [-0.2, 0) is 6.54 Å². The molecule has 0 bridgehead atoms. The molecule has 0 saturated carbocycles. The Hall–Kier alpha value is -2.36. The molecule has 2 aromatic carbocycles. The second-order valence-electron chi connectivity index (χ2n) is 4.25. The number of benzene rings is 2. The Kier molecular flexibility index (Phi) is 4.71. The van der Waals surface area contributed by atoms with E-state index in [4.69, 9.17) is 14.2 Å². The lowest BCUT2D eigenvalue weighted by Gasteiger charge is -2.16. The highest BCUT2D eigenvalue weighted by Gasteiger charge is 2.12. The van der Waals surface area contributed by atoms with E-state index in [0.29, 0.717) is 23.8 Å². The third kappa shape index (κ3) is 3.15. The van der Waals surface area contributed by atoms with E-state index in [1.54, 1.807) is 21.3 Å². The summed E-state index contributed by atoms with van der Waals surface area (Å²) >= 11 is 0. The molecule has 0 amide bonds. The van der Waals surface area contributed by atoms with Gasteiger partial charge in [0.15, 0.2) is 0 Å². The van der Waals surface area contributed by atoms with E-state index in [1.165, 1.54) is 5.56 Å². The second-order valence-corrected chi connectivity index (χ2v) is 4.25. The van der Waals surface area contributed by atoms with Crippen LogP contribution in [0.4, 0.5) is 5.69 Å². The molecule has 4 heteroatoms. The molecule has 0 atom stereocenters. The molecule has 2 rings (SSSR count). The lowest BCUT2D eigenvalue weighted by Crippen LogP contribution is -2.04. The van der Waals surface area contributed by atoms with Gasteiger partial charge in [-0.15, -0.1) is 0 Å². The van der Waals surface area contributed by atoms with E-state index in [2.05, 4.69) is 17.4 Å². The number of hydrogen-bond acceptors (Lipinski definition) is 4. The zero-order chi connectivity index (χ0) is 14.4. The Morgan fingerprint density at radius 2 is 1.45 bits per heavy atom. The normalized spacial score (nSPS) is 9.95. The zero-order valence-corrected chi connectivity index (χ0v) is 12.0. The molecular weight excluding hydrogens is 254 g/mol. The second kappa shape index (κ2) is 6.70. The number of rotatable bonds is 6. The topological polar surface area (TPSA) is 39.7 Å². The van der Waals surface area contributed by atoms with Crippen molar-refractivity contribution in [3.05, 3.63) is 48.0 Å². The van der Waals surface area contributed by atoms with Gasteiger partial charge in [0, 0.05) is 18.7 Å². The van der Waals surface area contributed by atoms with Crippen LogP contribution in [0.1, 0.15) is 5.56 Å². The molecule has 0 heterocycles. The zero-order valence-electron chi connectivity index (χ0n) is 12.0. The Labute approximate surface area is 119 Å². The van der Waals surface area contributed by atoms with Crippen molar-refractivity contribution in [3.8, 4) is 17.2 Å². The summed E-state index contributed by atoms with van der Waals surface area (Å²) in [6.45, 7) is 0.694. The van der Waals surface area contributed by atoms with Crippen LogP contribution in [0.5, 0.6) is 17.2 Å². The van der Waals surface area contributed by atoms with E-state index in [0.717, 1.165) is 5.69 Å². The molecule has 1 N–H and O–H groups in total. The van der Waals surface area contributed by atoms with Crippen LogP contribution < -0.4 is 19.5 Å². The fourth-order valence-electron chi connectivity index (χ4n) is 1.97. The predicted molar refractivity (Wildman–Crippen MR) is 79.9 cm³/mol. The van der Waals surface area contributed by atoms with Crippen molar-refractivity contribution in [2.24, 2.45) is 0 Å². The highest BCUT2D eigenvalue weighted by molar-refractivity contribution is 5.68. The summed E-state index contributed by atoms with van der Waals surface area (Å²) in [6, 6.07) is 13.8. The van der Waals surface area contributed by atoms with E-state index in [-0.39, 0.29) is 0 Å². The summed E-state index contributed by atoms with van der Waals surface area (Å²) in [5, 5.41) is 3.35. The minimum Gasteiger partial charge on any atom is -0.496 e. The van der Waals surface area contributed by atoms with Crippen molar-refractivity contribution in [2.75, 3.05) is 26.6 Å².